The largest absolute Gasteiger partial charge is 0.448 e. The summed E-state index contributed by atoms with van der Waals surface area (Å²) in [5, 5.41) is 0. The summed E-state index contributed by atoms with van der Waals surface area (Å²) in [4.78, 5) is 17.4. The summed E-state index contributed by atoms with van der Waals surface area (Å²) in [6, 6.07) is 0. The highest BCUT2D eigenvalue weighted by atomic mass is 16.3. The van der Waals surface area contributed by atoms with Gasteiger partial charge < -0.3 is 9.32 Å². The van der Waals surface area contributed by atoms with Crippen LogP contribution in [0, 0.1) is 0 Å². The molecule has 0 unspecified atom stereocenters. The Hall–Kier alpha value is -1.32. The van der Waals surface area contributed by atoms with E-state index >= 15 is 0 Å². The van der Waals surface area contributed by atoms with E-state index in [0.29, 0.717) is 11.5 Å². The molecule has 2 rings (SSSR count). The minimum Gasteiger partial charge on any atom is -0.448 e. The maximum atomic E-state index is 11.7. The molecule has 2 heterocycles. The van der Waals surface area contributed by atoms with Crippen LogP contribution in [0.1, 0.15) is 29.6 Å². The third kappa shape index (κ3) is 1.32. The van der Waals surface area contributed by atoms with Crippen LogP contribution in [0.25, 0.3) is 0 Å². The van der Waals surface area contributed by atoms with Gasteiger partial charge in [-0.1, -0.05) is 6.92 Å². The van der Waals surface area contributed by atoms with Gasteiger partial charge in [-0.2, -0.15) is 0 Å². The number of hydrogen-bond acceptors (Lipinski definition) is 3. The van der Waals surface area contributed by atoms with E-state index in [2.05, 4.69) is 4.98 Å². The molecule has 0 bridgehead atoms. The molecule has 70 valence electrons. The lowest BCUT2D eigenvalue weighted by Gasteiger charge is -2.30. The van der Waals surface area contributed by atoms with Gasteiger partial charge in [0.2, 0.25) is 0 Å². The van der Waals surface area contributed by atoms with Crippen LogP contribution in [-0.4, -0.2) is 28.9 Å². The lowest BCUT2D eigenvalue weighted by atomic mass is 10.2. The van der Waals surface area contributed by atoms with Crippen molar-refractivity contribution < 1.29 is 9.21 Å². The molecule has 0 saturated carbocycles. The van der Waals surface area contributed by atoms with Crippen molar-refractivity contribution in [3.8, 4) is 0 Å². The molecular weight excluding hydrogens is 168 g/mol. The molecule has 13 heavy (non-hydrogen) atoms. The molecule has 4 nitrogen and oxygen atoms in total. The molecule has 0 radical (unpaired) electrons. The van der Waals surface area contributed by atoms with Gasteiger partial charge >= 0.3 is 0 Å². The predicted molar refractivity (Wildman–Crippen MR) is 46.4 cm³/mol. The van der Waals surface area contributed by atoms with Crippen molar-refractivity contribution in [3.05, 3.63) is 17.8 Å². The smallest absolute Gasteiger partial charge is 0.276 e. The first kappa shape index (κ1) is 8.29. The number of carbonyl (C=O) groups excluding carboxylic acids is 1. The molecule has 1 saturated heterocycles. The van der Waals surface area contributed by atoms with Crippen molar-refractivity contribution in [1.82, 2.24) is 9.88 Å². The zero-order valence-corrected chi connectivity index (χ0v) is 7.62. The normalized spacial score (nSPS) is 15.6. The van der Waals surface area contributed by atoms with E-state index in [0.717, 1.165) is 25.9 Å². The van der Waals surface area contributed by atoms with Gasteiger partial charge in [-0.15, -0.1) is 0 Å². The van der Waals surface area contributed by atoms with Crippen LogP contribution in [0.5, 0.6) is 0 Å². The van der Waals surface area contributed by atoms with Gasteiger partial charge in [0, 0.05) is 19.5 Å². The zero-order valence-electron chi connectivity index (χ0n) is 7.62. The molecule has 1 fully saturated rings. The fraction of sp³-hybridized carbons (Fsp3) is 0.556. The summed E-state index contributed by atoms with van der Waals surface area (Å²) in [6.45, 7) is 3.66. The van der Waals surface area contributed by atoms with E-state index in [9.17, 15) is 4.79 Å². The zero-order chi connectivity index (χ0) is 9.26. The SMILES string of the molecule is CCc1ocnc1C(=O)N1CCC1. The molecule has 1 aliphatic rings. The number of carbonyl (C=O) groups is 1. The Morgan fingerprint density at radius 2 is 2.46 bits per heavy atom. The first-order chi connectivity index (χ1) is 6.33. The highest BCUT2D eigenvalue weighted by molar-refractivity contribution is 5.93. The minimum atomic E-state index is 0.0110. The maximum Gasteiger partial charge on any atom is 0.276 e. The number of rotatable bonds is 2. The minimum absolute atomic E-state index is 0.0110. The Morgan fingerprint density at radius 3 is 3.00 bits per heavy atom. The van der Waals surface area contributed by atoms with Gasteiger partial charge in [0.1, 0.15) is 5.76 Å². The number of likely N-dealkylation sites (tertiary alicyclic amines) is 1. The number of nitrogens with zero attached hydrogens (tertiary/aromatic N) is 2. The third-order valence-corrected chi connectivity index (χ3v) is 2.31. The Morgan fingerprint density at radius 1 is 1.69 bits per heavy atom. The number of amides is 1. The van der Waals surface area contributed by atoms with E-state index in [-0.39, 0.29) is 5.91 Å². The topological polar surface area (TPSA) is 46.3 Å². The van der Waals surface area contributed by atoms with Crippen LogP contribution in [0.15, 0.2) is 10.8 Å². The van der Waals surface area contributed by atoms with Crippen molar-refractivity contribution in [3.63, 3.8) is 0 Å². The monoisotopic (exact) mass is 180 g/mol. The van der Waals surface area contributed by atoms with Crippen molar-refractivity contribution in [2.45, 2.75) is 19.8 Å². The van der Waals surface area contributed by atoms with Crippen molar-refractivity contribution >= 4 is 5.91 Å². The van der Waals surface area contributed by atoms with Crippen LogP contribution in [-0.2, 0) is 6.42 Å². The Balaban J connectivity index is 2.18. The molecule has 0 atom stereocenters. The number of hydrogen-bond donors (Lipinski definition) is 0. The van der Waals surface area contributed by atoms with Crippen molar-refractivity contribution in [2.75, 3.05) is 13.1 Å². The lowest BCUT2D eigenvalue weighted by Crippen LogP contribution is -2.42. The summed E-state index contributed by atoms with van der Waals surface area (Å²) in [5.74, 6) is 0.703. The summed E-state index contributed by atoms with van der Waals surface area (Å²) in [6.07, 6.45) is 3.16. The fourth-order valence-electron chi connectivity index (χ4n) is 1.36. The molecule has 0 aliphatic carbocycles. The van der Waals surface area contributed by atoms with Gasteiger partial charge in [0.25, 0.3) is 5.91 Å². The van der Waals surface area contributed by atoms with E-state index in [4.69, 9.17) is 4.42 Å². The number of aryl methyl sites for hydroxylation is 1. The van der Waals surface area contributed by atoms with Crippen LogP contribution < -0.4 is 0 Å². The van der Waals surface area contributed by atoms with Gasteiger partial charge in [0.05, 0.1) is 0 Å². The van der Waals surface area contributed by atoms with Crippen molar-refractivity contribution in [1.29, 1.82) is 0 Å². The molecule has 0 aromatic carbocycles. The molecule has 0 spiro atoms. The summed E-state index contributed by atoms with van der Waals surface area (Å²) in [5.41, 5.74) is 0.488. The average Bonchev–Trinajstić information content (AvgIpc) is 2.47. The second kappa shape index (κ2) is 3.20. The van der Waals surface area contributed by atoms with Gasteiger partial charge in [-0.25, -0.2) is 4.98 Å². The first-order valence-electron chi connectivity index (χ1n) is 4.54. The van der Waals surface area contributed by atoms with E-state index in [1.165, 1.54) is 6.39 Å². The summed E-state index contributed by atoms with van der Waals surface area (Å²) < 4.78 is 5.10. The lowest BCUT2D eigenvalue weighted by molar-refractivity contribution is 0.0644. The first-order valence-corrected chi connectivity index (χ1v) is 4.54. The van der Waals surface area contributed by atoms with Gasteiger partial charge in [-0.05, 0) is 6.42 Å². The van der Waals surface area contributed by atoms with Crippen molar-refractivity contribution in [2.24, 2.45) is 0 Å². The van der Waals surface area contributed by atoms with Gasteiger partial charge in [-0.3, -0.25) is 4.79 Å². The molecule has 1 aromatic heterocycles. The summed E-state index contributed by atoms with van der Waals surface area (Å²) in [7, 11) is 0. The van der Waals surface area contributed by atoms with Crippen LogP contribution >= 0.6 is 0 Å². The van der Waals surface area contributed by atoms with Crippen LogP contribution in [0.4, 0.5) is 0 Å². The van der Waals surface area contributed by atoms with E-state index in [1.54, 1.807) is 4.90 Å². The number of oxazole rings is 1. The van der Waals surface area contributed by atoms with Crippen LogP contribution in [0.3, 0.4) is 0 Å². The molecule has 1 aromatic rings. The second-order valence-electron chi connectivity index (χ2n) is 3.12. The molecule has 4 heteroatoms. The Bertz CT molecular complexity index is 315. The molecular formula is C9H12N2O2. The molecule has 1 amide bonds. The third-order valence-electron chi connectivity index (χ3n) is 2.31. The second-order valence-corrected chi connectivity index (χ2v) is 3.12. The van der Waals surface area contributed by atoms with E-state index < -0.39 is 0 Å². The predicted octanol–water partition coefficient (Wildman–Crippen LogP) is 1.08. The standard InChI is InChI=1S/C9H12N2O2/c1-2-7-8(10-6-13-7)9(12)11-4-3-5-11/h6H,2-5H2,1H3. The molecule has 0 N–H and O–H groups in total. The molecule has 1 aliphatic heterocycles. The quantitative estimate of drug-likeness (QED) is 0.684. The summed E-state index contributed by atoms with van der Waals surface area (Å²) >= 11 is 0. The van der Waals surface area contributed by atoms with Crippen LogP contribution in [0.2, 0.25) is 0 Å². The number of aromatic nitrogens is 1. The highest BCUT2D eigenvalue weighted by Gasteiger charge is 2.25. The fourth-order valence-corrected chi connectivity index (χ4v) is 1.36. The Labute approximate surface area is 76.6 Å². The Kier molecular flexibility index (Phi) is 2.04. The average molecular weight is 180 g/mol. The highest BCUT2D eigenvalue weighted by Crippen LogP contribution is 2.15. The van der Waals surface area contributed by atoms with Gasteiger partial charge in [0.15, 0.2) is 12.1 Å². The maximum absolute atomic E-state index is 11.7. The van der Waals surface area contributed by atoms with E-state index in [1.807, 2.05) is 6.92 Å².